The summed E-state index contributed by atoms with van der Waals surface area (Å²) in [5.74, 6) is 0.745. The highest BCUT2D eigenvalue weighted by Crippen LogP contribution is 2.27. The lowest BCUT2D eigenvalue weighted by Gasteiger charge is -2.10. The fourth-order valence-corrected chi connectivity index (χ4v) is 2.27. The molecular formula is C16H14N2O2. The number of benzene rings is 2. The summed E-state index contributed by atoms with van der Waals surface area (Å²) in [5.41, 5.74) is 2.18. The molecule has 0 saturated carbocycles. The number of aryl methyl sites for hydroxylation is 1. The minimum atomic E-state index is -0.262. The molecule has 2 aromatic carbocycles. The summed E-state index contributed by atoms with van der Waals surface area (Å²) in [6.07, 6.45) is 0. The Labute approximate surface area is 116 Å². The van der Waals surface area contributed by atoms with Crippen LogP contribution in [-0.4, -0.2) is 16.7 Å². The van der Waals surface area contributed by atoms with Crippen LogP contribution >= 0.6 is 0 Å². The normalized spacial score (nSPS) is 10.7. The van der Waals surface area contributed by atoms with Gasteiger partial charge in [-0.15, -0.1) is 0 Å². The van der Waals surface area contributed by atoms with Crippen LogP contribution in [0.3, 0.4) is 0 Å². The Balaban J connectivity index is 2.42. The van der Waals surface area contributed by atoms with Crippen LogP contribution in [0.5, 0.6) is 5.75 Å². The van der Waals surface area contributed by atoms with Crippen LogP contribution in [0.15, 0.2) is 53.3 Å². The first kappa shape index (κ1) is 12.4. The van der Waals surface area contributed by atoms with Crippen molar-refractivity contribution in [3.05, 3.63) is 59.0 Å². The molecule has 0 unspecified atom stereocenters. The Kier molecular flexibility index (Phi) is 2.99. The second-order valence-electron chi connectivity index (χ2n) is 4.55. The van der Waals surface area contributed by atoms with Gasteiger partial charge >= 0.3 is 5.69 Å². The maximum absolute atomic E-state index is 12.0. The van der Waals surface area contributed by atoms with Crippen molar-refractivity contribution in [1.29, 1.82) is 0 Å². The maximum Gasteiger partial charge on any atom is 0.348 e. The minimum absolute atomic E-state index is 0.262. The Bertz CT molecular complexity index is 823. The molecule has 0 spiro atoms. The third kappa shape index (κ3) is 1.95. The zero-order valence-electron chi connectivity index (χ0n) is 11.3. The van der Waals surface area contributed by atoms with Crippen molar-refractivity contribution in [2.45, 2.75) is 0 Å². The van der Waals surface area contributed by atoms with E-state index in [1.807, 2.05) is 48.5 Å². The third-order valence-corrected chi connectivity index (χ3v) is 3.36. The molecular weight excluding hydrogens is 252 g/mol. The van der Waals surface area contributed by atoms with Gasteiger partial charge in [0.15, 0.2) is 0 Å². The molecule has 0 aliphatic carbocycles. The highest BCUT2D eigenvalue weighted by atomic mass is 16.5. The van der Waals surface area contributed by atoms with Crippen LogP contribution in [0.25, 0.3) is 22.2 Å². The van der Waals surface area contributed by atoms with Crippen molar-refractivity contribution < 1.29 is 4.74 Å². The lowest BCUT2D eigenvalue weighted by atomic mass is 10.1. The van der Waals surface area contributed by atoms with Gasteiger partial charge in [0.25, 0.3) is 0 Å². The van der Waals surface area contributed by atoms with E-state index in [-0.39, 0.29) is 5.69 Å². The number of ether oxygens (including phenoxy) is 1. The van der Waals surface area contributed by atoms with E-state index in [0.717, 1.165) is 22.2 Å². The molecule has 0 aliphatic rings. The van der Waals surface area contributed by atoms with E-state index in [9.17, 15) is 4.79 Å². The molecule has 4 nitrogen and oxygen atoms in total. The Morgan fingerprint density at radius 1 is 1.10 bits per heavy atom. The summed E-state index contributed by atoms with van der Waals surface area (Å²) in [6.45, 7) is 0. The van der Waals surface area contributed by atoms with Gasteiger partial charge in [-0.05, 0) is 18.2 Å². The second-order valence-corrected chi connectivity index (χ2v) is 4.55. The summed E-state index contributed by atoms with van der Waals surface area (Å²) in [4.78, 5) is 16.2. The van der Waals surface area contributed by atoms with Gasteiger partial charge in [0.05, 0.1) is 18.3 Å². The predicted molar refractivity (Wildman–Crippen MR) is 79.0 cm³/mol. The highest BCUT2D eigenvalue weighted by Gasteiger charge is 2.10. The lowest BCUT2D eigenvalue weighted by Crippen LogP contribution is -2.21. The van der Waals surface area contributed by atoms with Crippen LogP contribution < -0.4 is 10.4 Å². The molecule has 4 heteroatoms. The average Bonchev–Trinajstić information content (AvgIpc) is 2.51. The standard InChI is InChI=1S/C16H14N2O2/c1-18-14-9-8-12(20-2)10-13(14)15(17-16(18)19)11-6-4-3-5-7-11/h3-10H,1-2H3. The molecule has 0 bridgehead atoms. The zero-order chi connectivity index (χ0) is 14.1. The first-order chi connectivity index (χ1) is 9.70. The van der Waals surface area contributed by atoms with Gasteiger partial charge in [-0.1, -0.05) is 30.3 Å². The first-order valence-corrected chi connectivity index (χ1v) is 6.31. The van der Waals surface area contributed by atoms with Gasteiger partial charge in [0.1, 0.15) is 5.75 Å². The molecule has 0 amide bonds. The smallest absolute Gasteiger partial charge is 0.348 e. The first-order valence-electron chi connectivity index (χ1n) is 6.31. The number of hydrogen-bond donors (Lipinski definition) is 0. The van der Waals surface area contributed by atoms with Crippen molar-refractivity contribution in [2.75, 3.05) is 7.11 Å². The molecule has 0 fully saturated rings. The van der Waals surface area contributed by atoms with Crippen molar-refractivity contribution in [3.8, 4) is 17.0 Å². The van der Waals surface area contributed by atoms with E-state index in [2.05, 4.69) is 4.98 Å². The van der Waals surface area contributed by atoms with Crippen LogP contribution in [-0.2, 0) is 7.05 Å². The van der Waals surface area contributed by atoms with Gasteiger partial charge in [0, 0.05) is 18.0 Å². The molecule has 100 valence electrons. The number of nitrogens with zero attached hydrogens (tertiary/aromatic N) is 2. The summed E-state index contributed by atoms with van der Waals surface area (Å²) in [5, 5.41) is 0.901. The van der Waals surface area contributed by atoms with Crippen LogP contribution in [0.1, 0.15) is 0 Å². The fraction of sp³-hybridized carbons (Fsp3) is 0.125. The van der Waals surface area contributed by atoms with Gasteiger partial charge in [0.2, 0.25) is 0 Å². The van der Waals surface area contributed by atoms with Crippen molar-refractivity contribution in [3.63, 3.8) is 0 Å². The SMILES string of the molecule is COc1ccc2c(c1)c(-c1ccccc1)nc(=O)n2C. The second kappa shape index (κ2) is 4.81. The summed E-state index contributed by atoms with van der Waals surface area (Å²) >= 11 is 0. The molecule has 0 saturated heterocycles. The van der Waals surface area contributed by atoms with E-state index < -0.39 is 0 Å². The number of rotatable bonds is 2. The molecule has 3 aromatic rings. The third-order valence-electron chi connectivity index (χ3n) is 3.36. The summed E-state index contributed by atoms with van der Waals surface area (Å²) < 4.78 is 6.81. The lowest BCUT2D eigenvalue weighted by molar-refractivity contribution is 0.415. The molecule has 0 aliphatic heterocycles. The van der Waals surface area contributed by atoms with Gasteiger partial charge < -0.3 is 4.74 Å². The molecule has 0 N–H and O–H groups in total. The number of hydrogen-bond acceptors (Lipinski definition) is 3. The fourth-order valence-electron chi connectivity index (χ4n) is 2.27. The topological polar surface area (TPSA) is 44.1 Å². The van der Waals surface area contributed by atoms with Crippen LogP contribution in [0.4, 0.5) is 0 Å². The molecule has 1 heterocycles. The number of methoxy groups -OCH3 is 1. The molecule has 20 heavy (non-hydrogen) atoms. The maximum atomic E-state index is 12.0. The Hall–Kier alpha value is -2.62. The zero-order valence-corrected chi connectivity index (χ0v) is 11.3. The van der Waals surface area contributed by atoms with Crippen LogP contribution in [0, 0.1) is 0 Å². The Morgan fingerprint density at radius 3 is 2.55 bits per heavy atom. The van der Waals surface area contributed by atoms with Crippen molar-refractivity contribution >= 4 is 10.9 Å². The van der Waals surface area contributed by atoms with Gasteiger partial charge in [-0.25, -0.2) is 4.79 Å². The van der Waals surface area contributed by atoms with E-state index in [1.54, 1.807) is 18.7 Å². The van der Waals surface area contributed by atoms with Crippen molar-refractivity contribution in [1.82, 2.24) is 9.55 Å². The van der Waals surface area contributed by atoms with E-state index in [1.165, 1.54) is 0 Å². The van der Waals surface area contributed by atoms with E-state index >= 15 is 0 Å². The molecule has 3 rings (SSSR count). The number of fused-ring (bicyclic) bond motifs is 1. The van der Waals surface area contributed by atoms with E-state index in [0.29, 0.717) is 5.69 Å². The highest BCUT2D eigenvalue weighted by molar-refractivity contribution is 5.93. The monoisotopic (exact) mass is 266 g/mol. The Morgan fingerprint density at radius 2 is 1.85 bits per heavy atom. The summed E-state index contributed by atoms with van der Waals surface area (Å²) in [6, 6.07) is 15.3. The van der Waals surface area contributed by atoms with Crippen LogP contribution in [0.2, 0.25) is 0 Å². The summed E-state index contributed by atoms with van der Waals surface area (Å²) in [7, 11) is 3.34. The van der Waals surface area contributed by atoms with Crippen molar-refractivity contribution in [2.24, 2.45) is 7.05 Å². The van der Waals surface area contributed by atoms with Gasteiger partial charge in [-0.2, -0.15) is 4.98 Å². The molecule has 1 aromatic heterocycles. The minimum Gasteiger partial charge on any atom is -0.497 e. The molecule has 0 atom stereocenters. The average molecular weight is 266 g/mol. The number of aromatic nitrogens is 2. The van der Waals surface area contributed by atoms with E-state index in [4.69, 9.17) is 4.74 Å². The predicted octanol–water partition coefficient (Wildman–Crippen LogP) is 2.61. The molecule has 0 radical (unpaired) electrons. The van der Waals surface area contributed by atoms with Gasteiger partial charge in [-0.3, -0.25) is 4.57 Å². The largest absolute Gasteiger partial charge is 0.497 e. The quantitative estimate of drug-likeness (QED) is 0.716.